The number of hydrogen-bond acceptors (Lipinski definition) is 14. The van der Waals surface area contributed by atoms with Crippen LogP contribution in [-0.2, 0) is 47.6 Å². The van der Waals surface area contributed by atoms with Crippen molar-refractivity contribution in [2.45, 2.75) is 89.0 Å². The molecule has 200 valence electrons. The molecule has 15 heteroatoms. The van der Waals surface area contributed by atoms with Crippen LogP contribution in [-0.4, -0.2) is 119 Å². The summed E-state index contributed by atoms with van der Waals surface area (Å²) in [5.74, 6) is -2.94. The first-order valence-electron chi connectivity index (χ1n) is 10.7. The zero-order chi connectivity index (χ0) is 26.4. The Hall–Kier alpha value is -2.40. The molecule has 0 aromatic rings. The molecule has 15 nitrogen and oxygen atoms in total. The van der Waals surface area contributed by atoms with Gasteiger partial charge in [-0.05, 0) is 0 Å². The number of amides is 1. The van der Waals surface area contributed by atoms with Crippen LogP contribution in [0.2, 0.25) is 0 Å². The SMILES string of the molecule is CC(=O)N[C@H]1[C@H](O[C@H]2[C@H](O)[C@@H](O)[C@H](O)O[C@@H]2CO)O[C@H](COC(C)=O)[C@@H](OC(C)=O)[C@@H]1OC(C)=O. The van der Waals surface area contributed by atoms with Crippen molar-refractivity contribution in [2.75, 3.05) is 13.2 Å². The Bertz CT molecular complexity index is 775. The molecule has 10 atom stereocenters. The monoisotopic (exact) mass is 509 g/mol. The number of nitrogens with one attached hydrogen (secondary N) is 1. The van der Waals surface area contributed by atoms with Crippen molar-refractivity contribution < 1.29 is 68.0 Å². The molecule has 5 N–H and O–H groups in total. The van der Waals surface area contributed by atoms with E-state index in [1.165, 1.54) is 0 Å². The van der Waals surface area contributed by atoms with Crippen molar-refractivity contribution in [1.29, 1.82) is 0 Å². The third-order valence-corrected chi connectivity index (χ3v) is 5.20. The molecule has 2 heterocycles. The maximum atomic E-state index is 12.0. The predicted molar refractivity (Wildman–Crippen MR) is 109 cm³/mol. The van der Waals surface area contributed by atoms with Gasteiger partial charge in [0, 0.05) is 27.7 Å². The summed E-state index contributed by atoms with van der Waals surface area (Å²) in [7, 11) is 0. The van der Waals surface area contributed by atoms with Gasteiger partial charge >= 0.3 is 17.9 Å². The summed E-state index contributed by atoms with van der Waals surface area (Å²) in [5, 5.41) is 42.3. The lowest BCUT2D eigenvalue weighted by molar-refractivity contribution is -0.342. The summed E-state index contributed by atoms with van der Waals surface area (Å²) < 4.78 is 32.2. The van der Waals surface area contributed by atoms with E-state index in [9.17, 15) is 39.6 Å². The molecule has 0 aromatic heterocycles. The normalized spacial score (nSPS) is 37.1. The second-order valence-electron chi connectivity index (χ2n) is 8.05. The van der Waals surface area contributed by atoms with Crippen LogP contribution in [0.1, 0.15) is 27.7 Å². The largest absolute Gasteiger partial charge is 0.463 e. The Balaban J connectivity index is 2.46. The topological polar surface area (TPSA) is 217 Å². The van der Waals surface area contributed by atoms with Gasteiger partial charge in [0.25, 0.3) is 0 Å². The van der Waals surface area contributed by atoms with E-state index < -0.39 is 98.4 Å². The minimum absolute atomic E-state index is 0.480. The predicted octanol–water partition coefficient (Wildman–Crippen LogP) is -3.54. The average Bonchev–Trinajstić information content (AvgIpc) is 2.75. The highest BCUT2D eigenvalue weighted by Gasteiger charge is 2.54. The Labute approximate surface area is 200 Å². The number of carbonyl (C=O) groups is 4. The quantitative estimate of drug-likeness (QED) is 0.158. The van der Waals surface area contributed by atoms with Crippen molar-refractivity contribution in [3.63, 3.8) is 0 Å². The zero-order valence-electron chi connectivity index (χ0n) is 19.6. The first-order valence-corrected chi connectivity index (χ1v) is 10.7. The van der Waals surface area contributed by atoms with Gasteiger partial charge in [-0.1, -0.05) is 0 Å². The van der Waals surface area contributed by atoms with Gasteiger partial charge in [0.2, 0.25) is 5.91 Å². The molecule has 1 amide bonds. The first kappa shape index (κ1) is 28.8. The van der Waals surface area contributed by atoms with Crippen molar-refractivity contribution in [2.24, 2.45) is 0 Å². The van der Waals surface area contributed by atoms with E-state index in [4.69, 9.17) is 28.4 Å². The van der Waals surface area contributed by atoms with Gasteiger partial charge in [-0.2, -0.15) is 0 Å². The molecule has 0 spiro atoms. The summed E-state index contributed by atoms with van der Waals surface area (Å²) in [5.41, 5.74) is 0. The van der Waals surface area contributed by atoms with Crippen molar-refractivity contribution in [1.82, 2.24) is 5.32 Å². The molecule has 2 aliphatic heterocycles. The molecule has 0 saturated carbocycles. The van der Waals surface area contributed by atoms with Gasteiger partial charge in [0.1, 0.15) is 43.2 Å². The zero-order valence-corrected chi connectivity index (χ0v) is 19.6. The Morgan fingerprint density at radius 2 is 1.40 bits per heavy atom. The highest BCUT2D eigenvalue weighted by Crippen LogP contribution is 2.31. The van der Waals surface area contributed by atoms with E-state index in [0.29, 0.717) is 0 Å². The molecule has 2 saturated heterocycles. The minimum Gasteiger partial charge on any atom is -0.463 e. The van der Waals surface area contributed by atoms with Crippen LogP contribution in [0.15, 0.2) is 0 Å². The third-order valence-electron chi connectivity index (χ3n) is 5.20. The van der Waals surface area contributed by atoms with Crippen LogP contribution >= 0.6 is 0 Å². The fourth-order valence-corrected chi connectivity index (χ4v) is 3.80. The first-order chi connectivity index (χ1) is 16.3. The molecular weight excluding hydrogens is 478 g/mol. The van der Waals surface area contributed by atoms with Crippen molar-refractivity contribution in [3.8, 4) is 0 Å². The van der Waals surface area contributed by atoms with Crippen LogP contribution in [0, 0.1) is 0 Å². The van der Waals surface area contributed by atoms with Crippen LogP contribution in [0.5, 0.6) is 0 Å². The lowest BCUT2D eigenvalue weighted by Gasteiger charge is -2.48. The van der Waals surface area contributed by atoms with Gasteiger partial charge in [-0.25, -0.2) is 0 Å². The van der Waals surface area contributed by atoms with E-state index in [0.717, 1.165) is 27.7 Å². The van der Waals surface area contributed by atoms with E-state index in [1.54, 1.807) is 0 Å². The highest BCUT2D eigenvalue weighted by atomic mass is 16.7. The number of aliphatic hydroxyl groups excluding tert-OH is 4. The molecule has 0 aromatic carbocycles. The number of hydrogen-bond donors (Lipinski definition) is 5. The lowest BCUT2D eigenvalue weighted by Crippen LogP contribution is -2.68. The number of ether oxygens (including phenoxy) is 6. The van der Waals surface area contributed by atoms with Crippen LogP contribution < -0.4 is 5.32 Å². The minimum atomic E-state index is -1.82. The van der Waals surface area contributed by atoms with E-state index in [-0.39, 0.29) is 0 Å². The van der Waals surface area contributed by atoms with Gasteiger partial charge in [-0.3, -0.25) is 19.2 Å². The van der Waals surface area contributed by atoms with Gasteiger partial charge in [0.15, 0.2) is 24.8 Å². The summed E-state index contributed by atoms with van der Waals surface area (Å²) in [6.45, 7) is 3.19. The summed E-state index contributed by atoms with van der Waals surface area (Å²) >= 11 is 0. The molecule has 35 heavy (non-hydrogen) atoms. The number of carbonyl (C=O) groups excluding carboxylic acids is 4. The summed E-state index contributed by atoms with van der Waals surface area (Å²) in [6, 6.07) is -1.34. The van der Waals surface area contributed by atoms with Gasteiger partial charge in [0.05, 0.1) is 6.61 Å². The van der Waals surface area contributed by atoms with Crippen LogP contribution in [0.25, 0.3) is 0 Å². The van der Waals surface area contributed by atoms with E-state index in [1.807, 2.05) is 0 Å². The standard InChI is InChI=1S/C20H31NO14/c1-7(23)21-13-18(32-10(4)26)17(31-9(3)25)12(6-30-8(2)24)34-20(13)35-16-11(5-22)33-19(29)15(28)14(16)27/h11-20,22,27-29H,5-6H2,1-4H3,(H,21,23)/t11-,12-,13-,14-,15-,16-,17-,18-,19-,20+/m1/s1. The number of esters is 3. The smallest absolute Gasteiger partial charge is 0.303 e. The Morgan fingerprint density at radius 3 is 1.91 bits per heavy atom. The van der Waals surface area contributed by atoms with Gasteiger partial charge in [-0.15, -0.1) is 0 Å². The molecular formula is C20H31NO14. The number of aliphatic hydroxyl groups is 4. The molecule has 2 fully saturated rings. The van der Waals surface area contributed by atoms with Crippen molar-refractivity contribution >= 4 is 23.8 Å². The molecule has 0 unspecified atom stereocenters. The maximum absolute atomic E-state index is 12.0. The molecule has 0 radical (unpaired) electrons. The fraction of sp³-hybridized carbons (Fsp3) is 0.800. The molecule has 0 aliphatic carbocycles. The maximum Gasteiger partial charge on any atom is 0.303 e. The average molecular weight is 509 g/mol. The lowest BCUT2D eigenvalue weighted by atomic mass is 9.95. The highest BCUT2D eigenvalue weighted by molar-refractivity contribution is 5.73. The van der Waals surface area contributed by atoms with E-state index >= 15 is 0 Å². The molecule has 2 rings (SSSR count). The molecule has 0 bridgehead atoms. The number of rotatable bonds is 8. The van der Waals surface area contributed by atoms with Gasteiger partial charge < -0.3 is 54.2 Å². The summed E-state index contributed by atoms with van der Waals surface area (Å²) in [6.07, 6.45) is -13.9. The third kappa shape index (κ3) is 7.54. The summed E-state index contributed by atoms with van der Waals surface area (Å²) in [4.78, 5) is 47.0. The second kappa shape index (κ2) is 12.5. The molecule has 2 aliphatic rings. The van der Waals surface area contributed by atoms with Crippen molar-refractivity contribution in [3.05, 3.63) is 0 Å². The second-order valence-corrected chi connectivity index (χ2v) is 8.05. The fourth-order valence-electron chi connectivity index (χ4n) is 3.80. The Morgan fingerprint density at radius 1 is 0.800 bits per heavy atom. The van der Waals surface area contributed by atoms with Crippen LogP contribution in [0.4, 0.5) is 0 Å². The Kier molecular flexibility index (Phi) is 10.3. The van der Waals surface area contributed by atoms with Crippen LogP contribution in [0.3, 0.4) is 0 Å². The van der Waals surface area contributed by atoms with E-state index in [2.05, 4.69) is 5.32 Å².